The highest BCUT2D eigenvalue weighted by molar-refractivity contribution is 7.89. The Morgan fingerprint density at radius 3 is 2.30 bits per heavy atom. The van der Waals surface area contributed by atoms with Gasteiger partial charge in [0.1, 0.15) is 12.3 Å². The molecule has 1 atom stereocenters. The first-order chi connectivity index (χ1) is 12.8. The summed E-state index contributed by atoms with van der Waals surface area (Å²) in [5.74, 6) is 0.117. The molecule has 4 N–H and O–H groups in total. The number of nitrogens with two attached hydrogens (primary N) is 2. The molecule has 2 amide bonds. The van der Waals surface area contributed by atoms with Gasteiger partial charge in [0.15, 0.2) is 6.04 Å². The third kappa shape index (κ3) is 4.16. The second-order valence-electron chi connectivity index (χ2n) is 6.20. The number of ether oxygens (including phenoxy) is 1. The van der Waals surface area contributed by atoms with Crippen molar-refractivity contribution in [3.05, 3.63) is 54.1 Å². The van der Waals surface area contributed by atoms with Crippen molar-refractivity contribution in [2.75, 3.05) is 12.0 Å². The van der Waals surface area contributed by atoms with E-state index in [-0.39, 0.29) is 23.1 Å². The second-order valence-corrected chi connectivity index (χ2v) is 7.77. The first-order valence-corrected chi connectivity index (χ1v) is 9.80. The van der Waals surface area contributed by atoms with Gasteiger partial charge in [0.2, 0.25) is 15.9 Å². The van der Waals surface area contributed by atoms with Gasteiger partial charge in [0.25, 0.3) is 5.91 Å². The Kier molecular flexibility index (Phi) is 5.26. The van der Waals surface area contributed by atoms with Crippen LogP contribution in [0.15, 0.2) is 53.4 Å². The van der Waals surface area contributed by atoms with E-state index in [1.807, 2.05) is 0 Å². The van der Waals surface area contributed by atoms with E-state index >= 15 is 0 Å². The monoisotopic (exact) mass is 390 g/mol. The maximum absolute atomic E-state index is 12.6. The number of hydrogen-bond acceptors (Lipinski definition) is 5. The summed E-state index contributed by atoms with van der Waals surface area (Å²) in [6.45, 7) is 0.436. The van der Waals surface area contributed by atoms with Gasteiger partial charge in [-0.15, -0.1) is 0 Å². The van der Waals surface area contributed by atoms with Crippen molar-refractivity contribution < 1.29 is 28.1 Å². The Hall–Kier alpha value is -2.75. The number of anilines is 1. The van der Waals surface area contributed by atoms with Crippen molar-refractivity contribution in [3.8, 4) is 5.75 Å². The Labute approximate surface area is 157 Å². The molecular formula is C18H20N3O5S+. The van der Waals surface area contributed by atoms with Crippen LogP contribution in [0.5, 0.6) is 5.75 Å². The number of benzene rings is 2. The molecule has 1 aliphatic rings. The van der Waals surface area contributed by atoms with Crippen molar-refractivity contribution in [3.63, 3.8) is 0 Å². The van der Waals surface area contributed by atoms with Crippen molar-refractivity contribution in [2.45, 2.75) is 23.9 Å². The van der Waals surface area contributed by atoms with E-state index in [4.69, 9.17) is 9.88 Å². The molecule has 142 valence electrons. The topological polar surface area (TPSA) is 123 Å². The smallest absolute Gasteiger partial charge is 0.292 e. The molecule has 1 fully saturated rings. The SMILES string of the molecule is COc1ccc(N2C(=O)C[C@H]([NH2+]Cc3ccc(S(N)(=O)=O)cc3)C2=O)cc1. The van der Waals surface area contributed by atoms with Gasteiger partial charge in [-0.2, -0.15) is 0 Å². The number of methoxy groups -OCH3 is 1. The van der Waals surface area contributed by atoms with Gasteiger partial charge in [-0.05, 0) is 36.4 Å². The van der Waals surface area contributed by atoms with Crippen LogP contribution >= 0.6 is 0 Å². The number of imide groups is 1. The van der Waals surface area contributed by atoms with Crippen LogP contribution in [0.2, 0.25) is 0 Å². The van der Waals surface area contributed by atoms with Gasteiger partial charge in [-0.25, -0.2) is 18.5 Å². The number of quaternary nitrogens is 1. The van der Waals surface area contributed by atoms with E-state index in [1.165, 1.54) is 17.0 Å². The number of carbonyl (C=O) groups excluding carboxylic acids is 2. The highest BCUT2D eigenvalue weighted by Gasteiger charge is 2.42. The number of nitrogens with zero attached hydrogens (tertiary/aromatic N) is 1. The van der Waals surface area contributed by atoms with Crippen LogP contribution < -0.4 is 20.1 Å². The Bertz CT molecular complexity index is 955. The molecule has 0 unspecified atom stereocenters. The molecule has 27 heavy (non-hydrogen) atoms. The first kappa shape index (κ1) is 19.0. The zero-order valence-electron chi connectivity index (χ0n) is 14.7. The van der Waals surface area contributed by atoms with Crippen molar-refractivity contribution in [2.24, 2.45) is 5.14 Å². The van der Waals surface area contributed by atoms with Crippen LogP contribution in [-0.2, 0) is 26.2 Å². The summed E-state index contributed by atoms with van der Waals surface area (Å²) in [4.78, 5) is 26.1. The molecule has 2 aromatic carbocycles. The first-order valence-electron chi connectivity index (χ1n) is 8.25. The van der Waals surface area contributed by atoms with Gasteiger partial charge in [-0.1, -0.05) is 12.1 Å². The van der Waals surface area contributed by atoms with E-state index in [0.717, 1.165) is 5.56 Å². The molecular weight excluding hydrogens is 370 g/mol. The zero-order valence-corrected chi connectivity index (χ0v) is 15.5. The lowest BCUT2D eigenvalue weighted by atomic mass is 10.2. The average molecular weight is 390 g/mol. The maximum atomic E-state index is 12.6. The molecule has 0 spiro atoms. The molecule has 9 heteroatoms. The van der Waals surface area contributed by atoms with Gasteiger partial charge in [0, 0.05) is 5.56 Å². The summed E-state index contributed by atoms with van der Waals surface area (Å²) < 4.78 is 27.6. The van der Waals surface area contributed by atoms with Gasteiger partial charge < -0.3 is 10.1 Å². The highest BCUT2D eigenvalue weighted by atomic mass is 32.2. The second kappa shape index (κ2) is 7.47. The Morgan fingerprint density at radius 2 is 1.74 bits per heavy atom. The van der Waals surface area contributed by atoms with Crippen LogP contribution in [0, 0.1) is 0 Å². The van der Waals surface area contributed by atoms with Crippen LogP contribution in [0.1, 0.15) is 12.0 Å². The molecule has 0 radical (unpaired) electrons. The van der Waals surface area contributed by atoms with Crippen LogP contribution in [0.25, 0.3) is 0 Å². The average Bonchev–Trinajstić information content (AvgIpc) is 2.93. The number of sulfonamides is 1. The number of rotatable bonds is 6. The van der Waals surface area contributed by atoms with Crippen molar-refractivity contribution in [1.82, 2.24) is 0 Å². The van der Waals surface area contributed by atoms with Crippen molar-refractivity contribution in [1.29, 1.82) is 0 Å². The molecule has 0 saturated carbocycles. The molecule has 1 aliphatic heterocycles. The summed E-state index contributed by atoms with van der Waals surface area (Å²) in [5, 5.41) is 6.84. The minimum atomic E-state index is -3.73. The molecule has 3 rings (SSSR count). The molecule has 1 heterocycles. The maximum Gasteiger partial charge on any atom is 0.292 e. The van der Waals surface area contributed by atoms with Crippen LogP contribution in [0.3, 0.4) is 0 Å². The van der Waals surface area contributed by atoms with Gasteiger partial charge >= 0.3 is 0 Å². The van der Waals surface area contributed by atoms with E-state index < -0.39 is 16.1 Å². The van der Waals surface area contributed by atoms with E-state index in [0.29, 0.717) is 18.0 Å². The lowest BCUT2D eigenvalue weighted by molar-refractivity contribution is -0.690. The zero-order chi connectivity index (χ0) is 19.6. The largest absolute Gasteiger partial charge is 0.497 e. The minimum absolute atomic E-state index is 0.0315. The molecule has 0 aromatic heterocycles. The number of carbonyl (C=O) groups is 2. The highest BCUT2D eigenvalue weighted by Crippen LogP contribution is 2.24. The normalized spacial score (nSPS) is 17.4. The Balaban J connectivity index is 1.66. The number of amides is 2. The van der Waals surface area contributed by atoms with Crippen LogP contribution in [0.4, 0.5) is 5.69 Å². The van der Waals surface area contributed by atoms with E-state index in [9.17, 15) is 18.0 Å². The number of hydrogen-bond donors (Lipinski definition) is 2. The van der Waals surface area contributed by atoms with Gasteiger partial charge in [-0.3, -0.25) is 9.59 Å². The summed E-state index contributed by atoms with van der Waals surface area (Å²) in [6, 6.07) is 12.3. The molecule has 1 saturated heterocycles. The summed E-state index contributed by atoms with van der Waals surface area (Å²) >= 11 is 0. The predicted molar refractivity (Wildman–Crippen MR) is 97.3 cm³/mol. The van der Waals surface area contributed by atoms with Crippen LogP contribution in [-0.4, -0.2) is 33.4 Å². The Morgan fingerprint density at radius 1 is 1.11 bits per heavy atom. The fraction of sp³-hybridized carbons (Fsp3) is 0.222. The predicted octanol–water partition coefficient (Wildman–Crippen LogP) is -0.262. The van der Waals surface area contributed by atoms with Gasteiger partial charge in [0.05, 0.1) is 24.1 Å². The minimum Gasteiger partial charge on any atom is -0.497 e. The summed E-state index contributed by atoms with van der Waals surface area (Å²) in [5.41, 5.74) is 1.34. The lowest BCUT2D eigenvalue weighted by Gasteiger charge is -2.14. The number of primary sulfonamides is 1. The molecule has 2 aromatic rings. The summed E-state index contributed by atoms with van der Waals surface area (Å²) in [6.07, 6.45) is 0.111. The third-order valence-corrected chi connectivity index (χ3v) is 5.33. The van der Waals surface area contributed by atoms with Crippen molar-refractivity contribution >= 4 is 27.5 Å². The summed E-state index contributed by atoms with van der Waals surface area (Å²) in [7, 11) is -2.19. The van der Waals surface area contributed by atoms with E-state index in [2.05, 4.69) is 0 Å². The molecule has 8 nitrogen and oxygen atoms in total. The van der Waals surface area contributed by atoms with E-state index in [1.54, 1.807) is 48.8 Å². The standard InChI is InChI=1S/C18H19N3O5S/c1-26-14-6-4-13(5-7-14)21-17(22)10-16(18(21)23)20-11-12-2-8-15(9-3-12)27(19,24)25/h2-9,16,20H,10-11H2,1H3,(H2,19,24,25)/p+1/t16-/m0/s1. The fourth-order valence-corrected chi connectivity index (χ4v) is 3.45. The molecule has 0 bridgehead atoms. The quantitative estimate of drug-likeness (QED) is 0.658. The lowest BCUT2D eigenvalue weighted by Crippen LogP contribution is -2.90. The fourth-order valence-electron chi connectivity index (χ4n) is 2.94. The third-order valence-electron chi connectivity index (χ3n) is 4.40. The molecule has 0 aliphatic carbocycles.